The van der Waals surface area contributed by atoms with Crippen LogP contribution in [0.4, 0.5) is 4.79 Å². The molecule has 0 saturated carbocycles. The maximum absolute atomic E-state index is 12.8. The number of carbonyl (C=O) groups excluding carboxylic acids is 2. The summed E-state index contributed by atoms with van der Waals surface area (Å²) in [6.07, 6.45) is 1.28. The van der Waals surface area contributed by atoms with Crippen LogP contribution in [0.15, 0.2) is 23.1 Å². The van der Waals surface area contributed by atoms with Crippen molar-refractivity contribution in [1.82, 2.24) is 9.21 Å². The minimum Gasteiger partial charge on any atom is -0.492 e. The zero-order valence-electron chi connectivity index (χ0n) is 19.0. The number of nitrogens with zero attached hydrogens (tertiary/aromatic N) is 2. The molecule has 1 heterocycles. The van der Waals surface area contributed by atoms with E-state index in [1.807, 2.05) is 20.8 Å². The summed E-state index contributed by atoms with van der Waals surface area (Å²) in [7, 11) is 0.188. The molecule has 1 fully saturated rings. The number of piperidine rings is 1. The number of benzene rings is 1. The molecule has 1 atom stereocenters. The minimum atomic E-state index is -3.85. The quantitative estimate of drug-likeness (QED) is 0.607. The van der Waals surface area contributed by atoms with Gasteiger partial charge >= 0.3 is 12.1 Å². The van der Waals surface area contributed by atoms with Crippen LogP contribution in [-0.2, 0) is 19.5 Å². The second kappa shape index (κ2) is 9.86. The largest absolute Gasteiger partial charge is 0.492 e. The number of amides is 1. The fourth-order valence-corrected chi connectivity index (χ4v) is 4.22. The average molecular weight is 457 g/mol. The third-order valence-corrected chi connectivity index (χ3v) is 6.60. The first-order chi connectivity index (χ1) is 14.3. The Labute approximate surface area is 184 Å². The van der Waals surface area contributed by atoms with Gasteiger partial charge < -0.3 is 19.1 Å². The van der Waals surface area contributed by atoms with Crippen molar-refractivity contribution in [3.63, 3.8) is 0 Å². The maximum atomic E-state index is 12.8. The first kappa shape index (κ1) is 24.9. The highest BCUT2D eigenvalue weighted by Crippen LogP contribution is 2.29. The van der Waals surface area contributed by atoms with E-state index in [4.69, 9.17) is 14.2 Å². The third-order valence-electron chi connectivity index (χ3n) is 4.77. The first-order valence-corrected chi connectivity index (χ1v) is 11.5. The van der Waals surface area contributed by atoms with Crippen LogP contribution in [-0.4, -0.2) is 76.2 Å². The van der Waals surface area contributed by atoms with Gasteiger partial charge in [0.2, 0.25) is 10.0 Å². The summed E-state index contributed by atoms with van der Waals surface area (Å²) in [6.45, 7) is 6.76. The van der Waals surface area contributed by atoms with Gasteiger partial charge in [0.15, 0.2) is 0 Å². The lowest BCUT2D eigenvalue weighted by atomic mass is 9.99. The van der Waals surface area contributed by atoms with Crippen molar-refractivity contribution in [2.75, 3.05) is 40.9 Å². The average Bonchev–Trinajstić information content (AvgIpc) is 2.70. The standard InChI is InChI=1S/C21H32N2O7S/c1-21(2,3)30-20(25)23-11-7-8-15(13-23)14-29-17-10-9-16(19(24)28-6)12-18(17)31(26,27)22(4)5/h9-10,12,15H,7-8,11,13-14H2,1-6H3. The molecular weight excluding hydrogens is 424 g/mol. The molecule has 1 aromatic rings. The highest BCUT2D eigenvalue weighted by Gasteiger charge is 2.29. The van der Waals surface area contributed by atoms with Gasteiger partial charge in [-0.15, -0.1) is 0 Å². The van der Waals surface area contributed by atoms with Gasteiger partial charge in [-0.2, -0.15) is 0 Å². The Morgan fingerprint density at radius 2 is 1.90 bits per heavy atom. The fraction of sp³-hybridized carbons (Fsp3) is 0.619. The molecule has 0 N–H and O–H groups in total. The Balaban J connectivity index is 2.17. The van der Waals surface area contributed by atoms with Crippen LogP contribution >= 0.6 is 0 Å². The van der Waals surface area contributed by atoms with Crippen LogP contribution in [0, 0.1) is 5.92 Å². The SMILES string of the molecule is COC(=O)c1ccc(OCC2CCCN(C(=O)OC(C)(C)C)C2)c(S(=O)(=O)N(C)C)c1. The van der Waals surface area contributed by atoms with Crippen LogP contribution in [0.2, 0.25) is 0 Å². The monoisotopic (exact) mass is 456 g/mol. The molecule has 0 bridgehead atoms. The van der Waals surface area contributed by atoms with Crippen molar-refractivity contribution in [1.29, 1.82) is 0 Å². The lowest BCUT2D eigenvalue weighted by Crippen LogP contribution is -2.44. The van der Waals surface area contributed by atoms with Crippen LogP contribution in [0.1, 0.15) is 44.0 Å². The van der Waals surface area contributed by atoms with Crippen molar-refractivity contribution in [3.8, 4) is 5.75 Å². The summed E-state index contributed by atoms with van der Waals surface area (Å²) in [4.78, 5) is 25.8. The predicted molar refractivity (Wildman–Crippen MR) is 115 cm³/mol. The Kier molecular flexibility index (Phi) is 7.93. The summed E-state index contributed by atoms with van der Waals surface area (Å²) in [6, 6.07) is 4.17. The number of hydrogen-bond acceptors (Lipinski definition) is 7. The highest BCUT2D eigenvalue weighted by molar-refractivity contribution is 7.89. The zero-order chi connectivity index (χ0) is 23.4. The van der Waals surface area contributed by atoms with Gasteiger partial charge in [-0.05, 0) is 51.8 Å². The zero-order valence-corrected chi connectivity index (χ0v) is 19.8. The van der Waals surface area contributed by atoms with Gasteiger partial charge in [-0.25, -0.2) is 22.3 Å². The predicted octanol–water partition coefficient (Wildman–Crippen LogP) is 2.75. The van der Waals surface area contributed by atoms with Crippen LogP contribution in [0.5, 0.6) is 5.75 Å². The summed E-state index contributed by atoms with van der Waals surface area (Å²) in [5.74, 6) is -0.464. The van der Waals surface area contributed by atoms with E-state index in [9.17, 15) is 18.0 Å². The van der Waals surface area contributed by atoms with Gasteiger partial charge in [-0.3, -0.25) is 0 Å². The van der Waals surface area contributed by atoms with E-state index in [2.05, 4.69) is 0 Å². The number of ether oxygens (including phenoxy) is 3. The molecule has 0 aliphatic carbocycles. The van der Waals surface area contributed by atoms with Crippen molar-refractivity contribution < 1.29 is 32.2 Å². The summed E-state index contributed by atoms with van der Waals surface area (Å²) < 4.78 is 42.6. The Morgan fingerprint density at radius 1 is 1.23 bits per heavy atom. The number of hydrogen-bond donors (Lipinski definition) is 0. The summed E-state index contributed by atoms with van der Waals surface area (Å²) in [5, 5.41) is 0. The molecule has 1 saturated heterocycles. The molecule has 0 spiro atoms. The number of rotatable bonds is 6. The molecule has 0 radical (unpaired) electrons. The smallest absolute Gasteiger partial charge is 0.410 e. The lowest BCUT2D eigenvalue weighted by molar-refractivity contribution is 0.0138. The normalized spacial score (nSPS) is 17.4. The van der Waals surface area contributed by atoms with Crippen molar-refractivity contribution in [2.45, 2.75) is 44.1 Å². The van der Waals surface area contributed by atoms with Crippen molar-refractivity contribution in [3.05, 3.63) is 23.8 Å². The van der Waals surface area contributed by atoms with E-state index in [-0.39, 0.29) is 34.8 Å². The molecule has 0 aromatic heterocycles. The van der Waals surface area contributed by atoms with Gasteiger partial charge in [0, 0.05) is 33.1 Å². The van der Waals surface area contributed by atoms with E-state index < -0.39 is 21.6 Å². The molecule has 1 unspecified atom stereocenters. The second-order valence-corrected chi connectivity index (χ2v) is 10.8. The number of likely N-dealkylation sites (tertiary alicyclic amines) is 1. The molecule has 1 amide bonds. The number of methoxy groups -OCH3 is 1. The topological polar surface area (TPSA) is 102 Å². The van der Waals surface area contributed by atoms with Crippen molar-refractivity contribution >= 4 is 22.1 Å². The minimum absolute atomic E-state index is 0.0245. The van der Waals surface area contributed by atoms with E-state index in [0.29, 0.717) is 13.1 Å². The third kappa shape index (κ3) is 6.57. The molecule has 174 valence electrons. The van der Waals surface area contributed by atoms with Gasteiger partial charge in [0.25, 0.3) is 0 Å². The summed E-state index contributed by atoms with van der Waals surface area (Å²) in [5.41, 5.74) is -0.457. The van der Waals surface area contributed by atoms with E-state index in [1.54, 1.807) is 4.90 Å². The molecule has 31 heavy (non-hydrogen) atoms. The van der Waals surface area contributed by atoms with Crippen LogP contribution < -0.4 is 4.74 Å². The van der Waals surface area contributed by atoms with Crippen LogP contribution in [0.25, 0.3) is 0 Å². The molecule has 9 nitrogen and oxygen atoms in total. The lowest BCUT2D eigenvalue weighted by Gasteiger charge is -2.34. The second-order valence-electron chi connectivity index (χ2n) is 8.69. The van der Waals surface area contributed by atoms with Gasteiger partial charge in [0.1, 0.15) is 16.2 Å². The van der Waals surface area contributed by atoms with Gasteiger partial charge in [-0.1, -0.05) is 0 Å². The Hall–Kier alpha value is -2.33. The Morgan fingerprint density at radius 3 is 2.48 bits per heavy atom. The Bertz CT molecular complexity index is 907. The molecule has 1 aliphatic heterocycles. The van der Waals surface area contributed by atoms with E-state index >= 15 is 0 Å². The summed E-state index contributed by atoms with van der Waals surface area (Å²) >= 11 is 0. The molecule has 2 rings (SSSR count). The fourth-order valence-electron chi connectivity index (χ4n) is 3.17. The van der Waals surface area contributed by atoms with Gasteiger partial charge in [0.05, 0.1) is 19.3 Å². The maximum Gasteiger partial charge on any atom is 0.410 e. The van der Waals surface area contributed by atoms with E-state index in [1.165, 1.54) is 39.4 Å². The number of sulfonamides is 1. The number of esters is 1. The molecule has 1 aromatic carbocycles. The number of carbonyl (C=O) groups is 2. The highest BCUT2D eigenvalue weighted by atomic mass is 32.2. The van der Waals surface area contributed by atoms with E-state index in [0.717, 1.165) is 17.1 Å². The van der Waals surface area contributed by atoms with Crippen LogP contribution in [0.3, 0.4) is 0 Å². The molecular formula is C21H32N2O7S. The molecule has 1 aliphatic rings. The first-order valence-electron chi connectivity index (χ1n) is 10.1. The van der Waals surface area contributed by atoms with Crippen molar-refractivity contribution in [2.24, 2.45) is 5.92 Å². The molecule has 10 heteroatoms.